The van der Waals surface area contributed by atoms with E-state index in [1.54, 1.807) is 43.3 Å². The van der Waals surface area contributed by atoms with Gasteiger partial charge in [0.05, 0.1) is 42.2 Å². The summed E-state index contributed by atoms with van der Waals surface area (Å²) in [6, 6.07) is 6.72. The molecule has 0 unspecified atom stereocenters. The highest BCUT2D eigenvalue weighted by molar-refractivity contribution is 6.03. The molecule has 0 saturated heterocycles. The number of nitrogens with one attached hydrogen (secondary N) is 1. The number of amides is 1. The Morgan fingerprint density at radius 3 is 2.47 bits per heavy atom. The quantitative estimate of drug-likeness (QED) is 0.360. The van der Waals surface area contributed by atoms with Gasteiger partial charge in [-0.25, -0.2) is 8.78 Å². The Kier molecular flexibility index (Phi) is 5.97. The molecule has 5 rings (SSSR count). The van der Waals surface area contributed by atoms with Gasteiger partial charge in [0.1, 0.15) is 17.1 Å². The van der Waals surface area contributed by atoms with Crippen molar-refractivity contribution in [2.24, 2.45) is 14.1 Å². The lowest BCUT2D eigenvalue weighted by Gasteiger charge is -2.17. The Hall–Kier alpha value is -4.60. The van der Waals surface area contributed by atoms with Crippen LogP contribution >= 0.6 is 0 Å². The van der Waals surface area contributed by atoms with E-state index in [-0.39, 0.29) is 16.9 Å². The highest BCUT2D eigenvalue weighted by atomic mass is 19.3. The number of halogens is 4. The van der Waals surface area contributed by atoms with E-state index in [9.17, 15) is 27.6 Å². The Bertz CT molecular complexity index is 1620. The summed E-state index contributed by atoms with van der Waals surface area (Å²) in [5, 5.41) is 21.2. The fraction of sp³-hybridized carbons (Fsp3) is 0.280. The minimum absolute atomic E-state index is 0.181. The maximum absolute atomic E-state index is 13.4. The standard InChI is InChI=1S/C25H20F4N6O3/c1-34-11-15(10-31-34)12-4-14(9-30)20-16(5-12)33-35(2)22(20)13-6-17(37-3)21(18(7-13)38-24(26)27)23(36)32-19-8-25(19,28)29/h4-7,10-11,19,24H,8H2,1-3H3,(H,32,36)/t19-/m1/s1. The van der Waals surface area contributed by atoms with Crippen molar-refractivity contribution in [3.63, 3.8) is 0 Å². The number of carbonyl (C=O) groups is 1. The first-order chi connectivity index (χ1) is 18.0. The number of aromatic nitrogens is 4. The number of rotatable bonds is 7. The van der Waals surface area contributed by atoms with Crippen LogP contribution in [0.4, 0.5) is 17.6 Å². The van der Waals surface area contributed by atoms with Crippen LogP contribution in [-0.4, -0.2) is 51.2 Å². The Morgan fingerprint density at radius 2 is 1.89 bits per heavy atom. The molecule has 1 aliphatic carbocycles. The number of methoxy groups -OCH3 is 1. The molecule has 1 aliphatic rings. The summed E-state index contributed by atoms with van der Waals surface area (Å²) < 4.78 is 66.5. The molecule has 1 fully saturated rings. The summed E-state index contributed by atoms with van der Waals surface area (Å²) in [7, 11) is 4.57. The molecule has 9 nitrogen and oxygen atoms in total. The molecule has 0 aliphatic heterocycles. The summed E-state index contributed by atoms with van der Waals surface area (Å²) in [5.74, 6) is -4.86. The lowest BCUT2D eigenvalue weighted by molar-refractivity contribution is -0.0502. The molecule has 1 N–H and O–H groups in total. The van der Waals surface area contributed by atoms with Crippen LogP contribution in [0, 0.1) is 11.3 Å². The third-order valence-electron chi connectivity index (χ3n) is 6.23. The van der Waals surface area contributed by atoms with Gasteiger partial charge in [-0.05, 0) is 29.8 Å². The summed E-state index contributed by atoms with van der Waals surface area (Å²) in [4.78, 5) is 12.8. The first-order valence-electron chi connectivity index (χ1n) is 11.3. The van der Waals surface area contributed by atoms with Crippen LogP contribution < -0.4 is 14.8 Å². The number of nitriles is 1. The van der Waals surface area contributed by atoms with Crippen LogP contribution in [0.2, 0.25) is 0 Å². The number of hydrogen-bond donors (Lipinski definition) is 1. The van der Waals surface area contributed by atoms with Crippen LogP contribution in [0.5, 0.6) is 11.5 Å². The van der Waals surface area contributed by atoms with Gasteiger partial charge in [-0.1, -0.05) is 0 Å². The van der Waals surface area contributed by atoms with Crippen LogP contribution in [0.25, 0.3) is 33.3 Å². The highest BCUT2D eigenvalue weighted by Crippen LogP contribution is 2.43. The first kappa shape index (κ1) is 25.1. The minimum Gasteiger partial charge on any atom is -0.496 e. The number of ether oxygens (including phenoxy) is 2. The maximum atomic E-state index is 13.4. The van der Waals surface area contributed by atoms with Crippen molar-refractivity contribution in [3.8, 4) is 40.0 Å². The van der Waals surface area contributed by atoms with Gasteiger partial charge in [0, 0.05) is 43.2 Å². The van der Waals surface area contributed by atoms with E-state index in [2.05, 4.69) is 26.3 Å². The van der Waals surface area contributed by atoms with Gasteiger partial charge in [-0.3, -0.25) is 14.2 Å². The Morgan fingerprint density at radius 1 is 1.18 bits per heavy atom. The molecule has 13 heteroatoms. The SMILES string of the molecule is COc1cc(-c2c3c(C#N)cc(-c4cnn(C)c4)cc3nn2C)cc(OC(F)F)c1C(=O)N[C@@H]1CC1(F)F. The number of fused-ring (bicyclic) bond motifs is 1. The van der Waals surface area contributed by atoms with Crippen LogP contribution in [0.3, 0.4) is 0 Å². The highest BCUT2D eigenvalue weighted by Gasteiger charge is 2.58. The van der Waals surface area contributed by atoms with E-state index in [1.807, 2.05) is 0 Å². The second-order valence-electron chi connectivity index (χ2n) is 8.83. The van der Waals surface area contributed by atoms with Gasteiger partial charge in [-0.2, -0.15) is 24.2 Å². The Balaban J connectivity index is 1.67. The predicted octanol–water partition coefficient (Wildman–Crippen LogP) is 4.26. The number of alkyl halides is 4. The molecule has 2 heterocycles. The summed E-state index contributed by atoms with van der Waals surface area (Å²) in [6.45, 7) is -3.32. The van der Waals surface area contributed by atoms with E-state index in [0.29, 0.717) is 22.2 Å². The van der Waals surface area contributed by atoms with Gasteiger partial charge in [-0.15, -0.1) is 0 Å². The molecule has 2 aromatic carbocycles. The molecule has 0 bridgehead atoms. The lowest BCUT2D eigenvalue weighted by Crippen LogP contribution is -2.30. The van der Waals surface area contributed by atoms with E-state index >= 15 is 0 Å². The second kappa shape index (κ2) is 9.05. The molecule has 0 radical (unpaired) electrons. The summed E-state index contributed by atoms with van der Waals surface area (Å²) in [6.07, 6.45) is 2.88. The fourth-order valence-electron chi connectivity index (χ4n) is 4.38. The van der Waals surface area contributed by atoms with Crippen LogP contribution in [-0.2, 0) is 14.1 Å². The third-order valence-corrected chi connectivity index (χ3v) is 6.23. The predicted molar refractivity (Wildman–Crippen MR) is 127 cm³/mol. The smallest absolute Gasteiger partial charge is 0.387 e. The van der Waals surface area contributed by atoms with Crippen molar-refractivity contribution in [1.82, 2.24) is 24.9 Å². The number of nitrogens with zero attached hydrogens (tertiary/aromatic N) is 5. The summed E-state index contributed by atoms with van der Waals surface area (Å²) in [5.41, 5.74) is 2.35. The minimum atomic E-state index is -3.32. The van der Waals surface area contributed by atoms with Crippen molar-refractivity contribution in [1.29, 1.82) is 5.26 Å². The van der Waals surface area contributed by atoms with E-state index < -0.39 is 42.2 Å². The van der Waals surface area contributed by atoms with Gasteiger partial charge >= 0.3 is 6.61 Å². The molecule has 1 atom stereocenters. The Labute approximate surface area is 213 Å². The van der Waals surface area contributed by atoms with Crippen molar-refractivity contribution >= 4 is 16.8 Å². The molecule has 0 spiro atoms. The topological polar surface area (TPSA) is 107 Å². The van der Waals surface area contributed by atoms with E-state index in [1.165, 1.54) is 23.9 Å². The zero-order valence-corrected chi connectivity index (χ0v) is 20.3. The monoisotopic (exact) mass is 528 g/mol. The average Bonchev–Trinajstić information content (AvgIpc) is 3.15. The zero-order chi connectivity index (χ0) is 27.4. The number of aryl methyl sites for hydroxylation is 2. The molecular weight excluding hydrogens is 508 g/mol. The zero-order valence-electron chi connectivity index (χ0n) is 20.3. The largest absolute Gasteiger partial charge is 0.496 e. The van der Waals surface area contributed by atoms with Crippen molar-refractivity contribution in [2.75, 3.05) is 7.11 Å². The number of benzene rings is 2. The van der Waals surface area contributed by atoms with E-state index in [0.717, 1.165) is 5.56 Å². The molecule has 2 aromatic heterocycles. The van der Waals surface area contributed by atoms with E-state index in [4.69, 9.17) is 4.74 Å². The maximum Gasteiger partial charge on any atom is 0.387 e. The fourth-order valence-corrected chi connectivity index (χ4v) is 4.38. The van der Waals surface area contributed by atoms with Gasteiger partial charge in [0.2, 0.25) is 0 Å². The van der Waals surface area contributed by atoms with Crippen LogP contribution in [0.15, 0.2) is 36.7 Å². The van der Waals surface area contributed by atoms with Crippen molar-refractivity contribution in [2.45, 2.75) is 25.0 Å². The molecule has 196 valence electrons. The average molecular weight is 528 g/mol. The van der Waals surface area contributed by atoms with Gasteiger partial charge < -0.3 is 14.8 Å². The molecule has 1 saturated carbocycles. The molecule has 4 aromatic rings. The first-order valence-corrected chi connectivity index (χ1v) is 11.3. The molecule has 38 heavy (non-hydrogen) atoms. The summed E-state index contributed by atoms with van der Waals surface area (Å²) >= 11 is 0. The van der Waals surface area contributed by atoms with Crippen molar-refractivity contribution < 1.29 is 31.8 Å². The normalized spacial score (nSPS) is 15.9. The third kappa shape index (κ3) is 4.38. The second-order valence-corrected chi connectivity index (χ2v) is 8.83. The number of hydrogen-bond acceptors (Lipinski definition) is 6. The lowest BCUT2D eigenvalue weighted by atomic mass is 9.97. The molecular formula is C25H20F4N6O3. The van der Waals surface area contributed by atoms with Crippen molar-refractivity contribution in [3.05, 3.63) is 47.8 Å². The van der Waals surface area contributed by atoms with Gasteiger partial charge in [0.15, 0.2) is 0 Å². The van der Waals surface area contributed by atoms with Crippen LogP contribution in [0.1, 0.15) is 22.3 Å². The molecule has 1 amide bonds. The number of carbonyl (C=O) groups excluding carboxylic acids is 1. The van der Waals surface area contributed by atoms with Gasteiger partial charge in [0.25, 0.3) is 11.8 Å².